The molecule has 0 aliphatic carbocycles. The number of rotatable bonds is 4. The lowest BCUT2D eigenvalue weighted by atomic mass is 10.2. The molecule has 8 heteroatoms. The Kier molecular flexibility index (Phi) is 6.46. The molecule has 0 atom stereocenters. The second kappa shape index (κ2) is 9.01. The van der Waals surface area contributed by atoms with Crippen LogP contribution >= 0.6 is 11.6 Å². The number of carbonyl (C=O) groups is 2. The van der Waals surface area contributed by atoms with Crippen molar-refractivity contribution in [3.05, 3.63) is 58.5 Å². The summed E-state index contributed by atoms with van der Waals surface area (Å²) >= 11 is 6.03. The van der Waals surface area contributed by atoms with Crippen LogP contribution in [-0.4, -0.2) is 54.5 Å². The molecule has 0 radical (unpaired) electrons. The highest BCUT2D eigenvalue weighted by molar-refractivity contribution is 6.33. The molecule has 2 aromatic rings. The monoisotopic (exact) mass is 405 g/mol. The number of benzene rings is 1. The number of hydrogen-bond acceptors (Lipinski definition) is 5. The summed E-state index contributed by atoms with van der Waals surface area (Å²) in [6.07, 6.45) is 2.26. The topological polar surface area (TPSA) is 62.7 Å². The largest absolute Gasteiger partial charge is 0.462 e. The number of ether oxygens (including phenoxy) is 1. The Hall–Kier alpha value is -2.67. The molecule has 0 saturated carbocycles. The molecular weight excluding hydrogens is 385 g/mol. The first-order valence-electron chi connectivity index (χ1n) is 9.12. The highest BCUT2D eigenvalue weighted by Crippen LogP contribution is 2.21. The van der Waals surface area contributed by atoms with Gasteiger partial charge < -0.3 is 14.5 Å². The zero-order valence-corrected chi connectivity index (χ0v) is 16.3. The van der Waals surface area contributed by atoms with E-state index in [-0.39, 0.29) is 10.9 Å². The Bertz CT molecular complexity index is 860. The summed E-state index contributed by atoms with van der Waals surface area (Å²) in [5, 5.41) is 0.113. The molecule has 0 unspecified atom stereocenters. The van der Waals surface area contributed by atoms with Gasteiger partial charge in [0, 0.05) is 32.4 Å². The van der Waals surface area contributed by atoms with Gasteiger partial charge in [-0.25, -0.2) is 14.2 Å². The highest BCUT2D eigenvalue weighted by Gasteiger charge is 2.23. The molecule has 1 fully saturated rings. The number of anilines is 1. The molecule has 0 N–H and O–H groups in total. The SMILES string of the molecule is CCOC(=O)c1ccc(N2CCCN(C(=O)c3ccc(F)cc3Cl)CC2)nc1. The van der Waals surface area contributed by atoms with Gasteiger partial charge in [-0.05, 0) is 43.7 Å². The number of halogens is 2. The van der Waals surface area contributed by atoms with Crippen molar-refractivity contribution in [2.45, 2.75) is 13.3 Å². The molecule has 0 bridgehead atoms. The van der Waals surface area contributed by atoms with Crippen molar-refractivity contribution in [2.24, 2.45) is 0 Å². The van der Waals surface area contributed by atoms with E-state index < -0.39 is 11.8 Å². The van der Waals surface area contributed by atoms with Crippen LogP contribution in [0.1, 0.15) is 34.1 Å². The molecule has 6 nitrogen and oxygen atoms in total. The first kappa shape index (κ1) is 20.1. The Morgan fingerprint density at radius 1 is 1.18 bits per heavy atom. The molecule has 1 aliphatic heterocycles. The second-order valence-electron chi connectivity index (χ2n) is 6.38. The summed E-state index contributed by atoms with van der Waals surface area (Å²) in [5.41, 5.74) is 0.705. The Morgan fingerprint density at radius 2 is 2.00 bits per heavy atom. The highest BCUT2D eigenvalue weighted by atomic mass is 35.5. The molecule has 1 amide bonds. The van der Waals surface area contributed by atoms with E-state index in [2.05, 4.69) is 9.88 Å². The maximum atomic E-state index is 13.2. The van der Waals surface area contributed by atoms with Crippen LogP contribution in [0.15, 0.2) is 36.5 Å². The van der Waals surface area contributed by atoms with Crippen molar-refractivity contribution in [2.75, 3.05) is 37.7 Å². The first-order valence-corrected chi connectivity index (χ1v) is 9.50. The number of nitrogens with zero attached hydrogens (tertiary/aromatic N) is 3. The van der Waals surface area contributed by atoms with Crippen molar-refractivity contribution in [1.82, 2.24) is 9.88 Å². The molecular formula is C20H21ClFN3O3. The van der Waals surface area contributed by atoms with Crippen molar-refractivity contribution < 1.29 is 18.7 Å². The number of hydrogen-bond donors (Lipinski definition) is 0. The predicted molar refractivity (Wildman–Crippen MR) is 104 cm³/mol. The molecule has 1 aliphatic rings. The minimum atomic E-state index is -0.471. The lowest BCUT2D eigenvalue weighted by Crippen LogP contribution is -2.35. The summed E-state index contributed by atoms with van der Waals surface area (Å²) in [6, 6.07) is 7.26. The van der Waals surface area contributed by atoms with E-state index >= 15 is 0 Å². The summed E-state index contributed by atoms with van der Waals surface area (Å²) in [6.45, 7) is 4.46. The van der Waals surface area contributed by atoms with Crippen LogP contribution in [0, 0.1) is 5.82 Å². The molecule has 148 valence electrons. The van der Waals surface area contributed by atoms with Crippen LogP contribution in [0.25, 0.3) is 0 Å². The molecule has 3 rings (SSSR count). The Balaban J connectivity index is 1.66. The van der Waals surface area contributed by atoms with Crippen molar-refractivity contribution in [3.8, 4) is 0 Å². The zero-order valence-electron chi connectivity index (χ0n) is 15.5. The predicted octanol–water partition coefficient (Wildman–Crippen LogP) is 3.40. The van der Waals surface area contributed by atoms with Crippen molar-refractivity contribution in [3.63, 3.8) is 0 Å². The van der Waals surface area contributed by atoms with E-state index in [0.717, 1.165) is 24.8 Å². The smallest absolute Gasteiger partial charge is 0.339 e. The van der Waals surface area contributed by atoms with Gasteiger partial charge in [-0.3, -0.25) is 4.79 Å². The van der Waals surface area contributed by atoms with Gasteiger partial charge in [0.25, 0.3) is 5.91 Å². The number of aromatic nitrogens is 1. The van der Waals surface area contributed by atoms with Gasteiger partial charge in [0.2, 0.25) is 0 Å². The van der Waals surface area contributed by atoms with Gasteiger partial charge in [0.1, 0.15) is 11.6 Å². The van der Waals surface area contributed by atoms with Crippen LogP contribution in [-0.2, 0) is 4.74 Å². The quantitative estimate of drug-likeness (QED) is 0.729. The van der Waals surface area contributed by atoms with Crippen molar-refractivity contribution >= 4 is 29.3 Å². The normalized spacial score (nSPS) is 14.5. The number of pyridine rings is 1. The lowest BCUT2D eigenvalue weighted by Gasteiger charge is -2.23. The standard InChI is InChI=1S/C20H21ClFN3O3/c1-2-28-20(27)14-4-7-18(23-13-14)24-8-3-9-25(11-10-24)19(26)16-6-5-15(22)12-17(16)21/h4-7,12-13H,2-3,8-11H2,1H3. The van der Waals surface area contributed by atoms with Gasteiger partial charge in [0.15, 0.2) is 0 Å². The zero-order chi connectivity index (χ0) is 20.1. The van der Waals surface area contributed by atoms with E-state index in [1.807, 2.05) is 0 Å². The Morgan fingerprint density at radius 3 is 2.68 bits per heavy atom. The van der Waals surface area contributed by atoms with E-state index in [4.69, 9.17) is 16.3 Å². The molecule has 28 heavy (non-hydrogen) atoms. The van der Waals surface area contributed by atoms with Gasteiger partial charge in [0.05, 0.1) is 22.8 Å². The van der Waals surface area contributed by atoms with Crippen LogP contribution in [0.5, 0.6) is 0 Å². The van der Waals surface area contributed by atoms with Crippen LogP contribution in [0.2, 0.25) is 5.02 Å². The molecule has 1 aromatic carbocycles. The first-order chi connectivity index (χ1) is 13.5. The Labute approximate surface area is 167 Å². The fourth-order valence-corrected chi connectivity index (χ4v) is 3.34. The third kappa shape index (κ3) is 4.59. The van der Waals surface area contributed by atoms with Crippen LogP contribution in [0.4, 0.5) is 10.2 Å². The minimum Gasteiger partial charge on any atom is -0.462 e. The molecule has 0 spiro atoms. The summed E-state index contributed by atoms with van der Waals surface area (Å²) in [4.78, 5) is 32.6. The van der Waals surface area contributed by atoms with Gasteiger partial charge in [-0.15, -0.1) is 0 Å². The van der Waals surface area contributed by atoms with E-state index in [9.17, 15) is 14.0 Å². The lowest BCUT2D eigenvalue weighted by molar-refractivity contribution is 0.0525. The fourth-order valence-electron chi connectivity index (χ4n) is 3.09. The molecule has 1 aromatic heterocycles. The summed E-state index contributed by atoms with van der Waals surface area (Å²) < 4.78 is 18.2. The summed E-state index contributed by atoms with van der Waals surface area (Å²) in [7, 11) is 0. The van der Waals surface area contributed by atoms with E-state index in [1.54, 1.807) is 24.0 Å². The molecule has 1 saturated heterocycles. The van der Waals surface area contributed by atoms with E-state index in [1.165, 1.54) is 18.3 Å². The maximum Gasteiger partial charge on any atom is 0.339 e. The average molecular weight is 406 g/mol. The number of amides is 1. The van der Waals surface area contributed by atoms with Crippen LogP contribution < -0.4 is 4.90 Å². The van der Waals surface area contributed by atoms with Gasteiger partial charge >= 0.3 is 5.97 Å². The molecule has 2 heterocycles. The minimum absolute atomic E-state index is 0.113. The third-order valence-electron chi connectivity index (χ3n) is 4.53. The maximum absolute atomic E-state index is 13.2. The number of esters is 1. The number of carbonyl (C=O) groups excluding carboxylic acids is 2. The van der Waals surface area contributed by atoms with Gasteiger partial charge in [-0.1, -0.05) is 11.6 Å². The van der Waals surface area contributed by atoms with Crippen LogP contribution in [0.3, 0.4) is 0 Å². The average Bonchev–Trinajstić information content (AvgIpc) is 2.94. The summed E-state index contributed by atoms with van der Waals surface area (Å²) in [5.74, 6) is -0.342. The second-order valence-corrected chi connectivity index (χ2v) is 6.79. The third-order valence-corrected chi connectivity index (χ3v) is 4.84. The van der Waals surface area contributed by atoms with E-state index in [0.29, 0.717) is 37.4 Å². The fraction of sp³-hybridized carbons (Fsp3) is 0.350. The van der Waals surface area contributed by atoms with Gasteiger partial charge in [-0.2, -0.15) is 0 Å². The van der Waals surface area contributed by atoms with Crippen molar-refractivity contribution in [1.29, 1.82) is 0 Å².